The van der Waals surface area contributed by atoms with Crippen molar-refractivity contribution >= 4 is 28.8 Å². The molecule has 0 saturated heterocycles. The number of nitrogens with zero attached hydrogens (tertiary/aromatic N) is 2. The van der Waals surface area contributed by atoms with E-state index >= 15 is 0 Å². The van der Waals surface area contributed by atoms with Crippen molar-refractivity contribution in [2.45, 2.75) is 6.42 Å². The predicted molar refractivity (Wildman–Crippen MR) is 91.5 cm³/mol. The Morgan fingerprint density at radius 3 is 2.77 bits per heavy atom. The zero-order valence-corrected chi connectivity index (χ0v) is 13.8. The van der Waals surface area contributed by atoms with E-state index in [1.54, 1.807) is 22.9 Å². The van der Waals surface area contributed by atoms with Crippen LogP contribution < -0.4 is 15.1 Å². The Morgan fingerprint density at radius 1 is 1.23 bits per heavy atom. The van der Waals surface area contributed by atoms with E-state index in [4.69, 9.17) is 0 Å². The van der Waals surface area contributed by atoms with Crippen LogP contribution >= 0.6 is 0 Å². The topological polar surface area (TPSA) is 52.7 Å². The fourth-order valence-corrected chi connectivity index (χ4v) is 3.23. The molecular formula is C19H13F2N3O2. The molecule has 0 saturated carbocycles. The number of fused-ring (bicyclic) bond motifs is 3. The third kappa shape index (κ3) is 2.39. The molecule has 1 amide bonds. The molecule has 2 aromatic carbocycles. The fourth-order valence-electron chi connectivity index (χ4n) is 3.23. The lowest BCUT2D eigenvalue weighted by molar-refractivity contribution is -0.120. The van der Waals surface area contributed by atoms with E-state index in [9.17, 15) is 18.4 Å². The minimum absolute atomic E-state index is 0.0142. The summed E-state index contributed by atoms with van der Waals surface area (Å²) >= 11 is 0. The van der Waals surface area contributed by atoms with Gasteiger partial charge in [-0.3, -0.25) is 9.59 Å². The first-order chi connectivity index (χ1) is 12.5. The van der Waals surface area contributed by atoms with Crippen molar-refractivity contribution in [3.05, 3.63) is 65.5 Å². The fraction of sp³-hybridized carbons (Fsp3) is 0.158. The molecule has 0 unspecified atom stereocenters. The third-order valence-electron chi connectivity index (χ3n) is 4.43. The van der Waals surface area contributed by atoms with E-state index in [0.717, 1.165) is 0 Å². The normalized spacial score (nSPS) is 15.6. The highest BCUT2D eigenvalue weighted by Gasteiger charge is 2.40. The highest BCUT2D eigenvalue weighted by Crippen LogP contribution is 2.42. The van der Waals surface area contributed by atoms with Gasteiger partial charge in [-0.15, -0.1) is 0 Å². The number of halogens is 2. The second-order valence-corrected chi connectivity index (χ2v) is 5.99. The van der Waals surface area contributed by atoms with Crippen molar-refractivity contribution in [3.8, 4) is 0 Å². The van der Waals surface area contributed by atoms with Gasteiger partial charge in [0.2, 0.25) is 0 Å². The molecule has 2 aromatic rings. The molecule has 2 heterocycles. The summed E-state index contributed by atoms with van der Waals surface area (Å²) < 4.78 is 27.4. The van der Waals surface area contributed by atoms with Gasteiger partial charge in [0.15, 0.2) is 11.6 Å². The Bertz CT molecular complexity index is 971. The summed E-state index contributed by atoms with van der Waals surface area (Å²) in [6, 6.07) is 12.1. The zero-order valence-electron chi connectivity index (χ0n) is 13.8. The summed E-state index contributed by atoms with van der Waals surface area (Å²) in [5.74, 6) is -1.90. The molecule has 26 heavy (non-hydrogen) atoms. The van der Waals surface area contributed by atoms with Crippen molar-refractivity contribution in [1.29, 1.82) is 0 Å². The Balaban J connectivity index is 1.78. The Kier molecular flexibility index (Phi) is 3.62. The van der Waals surface area contributed by atoms with Gasteiger partial charge in [-0.2, -0.15) is 4.39 Å². The second kappa shape index (κ2) is 5.85. The van der Waals surface area contributed by atoms with Crippen LogP contribution in [0.25, 0.3) is 0 Å². The standard InChI is InChI=1S/C19H13F2N3O2/c1-23-15-10-11(20)6-7-14(15)24-9-8-16(25)17(19(23)24)18(26)22-13-5-3-2-4-12(13)21/h2-5,10H,8-9H2,1H3,(H,22,26). The lowest BCUT2D eigenvalue weighted by atomic mass is 10.0. The molecule has 0 bridgehead atoms. The van der Waals surface area contributed by atoms with Crippen LogP contribution in [0.15, 0.2) is 41.7 Å². The smallest absolute Gasteiger partial charge is 0.263 e. The van der Waals surface area contributed by atoms with Gasteiger partial charge in [-0.25, -0.2) is 4.39 Å². The van der Waals surface area contributed by atoms with Gasteiger partial charge in [0.05, 0.1) is 11.4 Å². The molecule has 1 N–H and O–H groups in total. The van der Waals surface area contributed by atoms with E-state index in [1.807, 2.05) is 0 Å². The largest absolute Gasteiger partial charge is 0.328 e. The quantitative estimate of drug-likeness (QED) is 0.844. The van der Waals surface area contributed by atoms with Crippen molar-refractivity contribution in [3.63, 3.8) is 0 Å². The van der Waals surface area contributed by atoms with Gasteiger partial charge >= 0.3 is 0 Å². The summed E-state index contributed by atoms with van der Waals surface area (Å²) in [7, 11) is 1.64. The molecular weight excluding hydrogens is 340 g/mol. The molecule has 5 nitrogen and oxygen atoms in total. The Labute approximate surface area is 148 Å². The van der Waals surface area contributed by atoms with E-state index in [1.165, 1.54) is 24.3 Å². The molecule has 0 aliphatic carbocycles. The van der Waals surface area contributed by atoms with Crippen LogP contribution in [0.5, 0.6) is 0 Å². The number of benzene rings is 1. The van der Waals surface area contributed by atoms with Crippen LogP contribution in [0.3, 0.4) is 0 Å². The number of carbonyl (C=O) groups is 2. The summed E-state index contributed by atoms with van der Waals surface area (Å²) in [5, 5.41) is 2.44. The number of ketones is 1. The lowest BCUT2D eigenvalue weighted by Crippen LogP contribution is -2.39. The predicted octanol–water partition coefficient (Wildman–Crippen LogP) is 2.64. The van der Waals surface area contributed by atoms with Crippen molar-refractivity contribution in [2.75, 3.05) is 28.7 Å². The summed E-state index contributed by atoms with van der Waals surface area (Å²) in [6.07, 6.45) is 0.113. The van der Waals surface area contributed by atoms with Crippen LogP contribution in [-0.2, 0) is 9.59 Å². The molecule has 0 fully saturated rings. The number of nitrogens with one attached hydrogen (secondary N) is 1. The van der Waals surface area contributed by atoms with E-state index in [0.29, 0.717) is 23.7 Å². The Hall–Kier alpha value is -3.40. The first-order valence-electron chi connectivity index (χ1n) is 7.95. The average Bonchev–Trinajstić information content (AvgIpc) is 2.89. The van der Waals surface area contributed by atoms with Crippen molar-refractivity contribution in [1.82, 2.24) is 0 Å². The molecule has 0 spiro atoms. The minimum atomic E-state index is -0.705. The van der Waals surface area contributed by atoms with Crippen LogP contribution in [-0.4, -0.2) is 25.3 Å². The van der Waals surface area contributed by atoms with E-state index < -0.39 is 17.5 Å². The van der Waals surface area contributed by atoms with Gasteiger partial charge in [0.25, 0.3) is 5.91 Å². The molecule has 2 aliphatic rings. The monoisotopic (exact) mass is 353 g/mol. The number of amides is 1. The van der Waals surface area contributed by atoms with Crippen LogP contribution in [0.4, 0.5) is 25.8 Å². The number of anilines is 3. The zero-order chi connectivity index (χ0) is 18.4. The highest BCUT2D eigenvalue weighted by molar-refractivity contribution is 6.25. The molecule has 0 radical (unpaired) electrons. The van der Waals surface area contributed by atoms with Crippen LogP contribution in [0.1, 0.15) is 6.42 Å². The Morgan fingerprint density at radius 2 is 2.00 bits per heavy atom. The number of hydrogen-bond donors (Lipinski definition) is 1. The number of rotatable bonds is 2. The summed E-state index contributed by atoms with van der Waals surface area (Å²) in [4.78, 5) is 28.5. The summed E-state index contributed by atoms with van der Waals surface area (Å²) in [5.41, 5.74) is 0.932. The minimum Gasteiger partial charge on any atom is -0.328 e. The van der Waals surface area contributed by atoms with Crippen LogP contribution in [0.2, 0.25) is 0 Å². The molecule has 7 heteroatoms. The molecule has 130 valence electrons. The van der Waals surface area contributed by atoms with E-state index in [2.05, 4.69) is 17.4 Å². The molecule has 0 atom stereocenters. The SMILES string of the molecule is CN1C2=C(C(=O)Nc3ccccc3F)C(=O)CCN2c2c#cc(F)cc21. The molecule has 2 aliphatic heterocycles. The van der Waals surface area contributed by atoms with Gasteiger partial charge in [-0.05, 0) is 24.3 Å². The number of carbonyl (C=O) groups excluding carboxylic acids is 2. The number of para-hydroxylation sites is 1. The first-order valence-corrected chi connectivity index (χ1v) is 7.95. The van der Waals surface area contributed by atoms with Gasteiger partial charge in [0.1, 0.15) is 22.9 Å². The maximum Gasteiger partial charge on any atom is 0.263 e. The average molecular weight is 353 g/mol. The maximum atomic E-state index is 13.8. The number of Topliss-reactive ketones (excluding diaryl/α,β-unsaturated/α-hetero) is 1. The van der Waals surface area contributed by atoms with Crippen LogP contribution in [0, 0.1) is 23.8 Å². The van der Waals surface area contributed by atoms with Crippen molar-refractivity contribution in [2.24, 2.45) is 0 Å². The highest BCUT2D eigenvalue weighted by atomic mass is 19.1. The second-order valence-electron chi connectivity index (χ2n) is 5.99. The lowest BCUT2D eigenvalue weighted by Gasteiger charge is -2.28. The maximum absolute atomic E-state index is 13.8. The van der Waals surface area contributed by atoms with Crippen molar-refractivity contribution < 1.29 is 18.4 Å². The number of hydrogen-bond acceptors (Lipinski definition) is 4. The van der Waals surface area contributed by atoms with Gasteiger partial charge in [0, 0.05) is 26.1 Å². The third-order valence-corrected chi connectivity index (χ3v) is 4.43. The molecule has 0 aromatic heterocycles. The summed E-state index contributed by atoms with van der Waals surface area (Å²) in [6.45, 7) is 0.345. The van der Waals surface area contributed by atoms with E-state index in [-0.39, 0.29) is 23.5 Å². The van der Waals surface area contributed by atoms with Gasteiger partial charge in [-0.1, -0.05) is 12.1 Å². The first kappa shape index (κ1) is 16.1. The van der Waals surface area contributed by atoms with Gasteiger partial charge < -0.3 is 15.1 Å². The molecule has 4 rings (SSSR count).